The number of hydrogen-bond acceptors (Lipinski definition) is 7. The molecule has 0 fully saturated rings. The molecule has 81 heavy (non-hydrogen) atoms. The largest absolute Gasteiger partial charge is 0.477 e. The molecule has 0 amide bonds. The van der Waals surface area contributed by atoms with E-state index < -0.39 is 24.3 Å². The van der Waals surface area contributed by atoms with E-state index in [2.05, 4.69) is 86.8 Å². The molecule has 0 aliphatic carbocycles. The third-order valence-corrected chi connectivity index (χ3v) is 15.0. The van der Waals surface area contributed by atoms with E-state index in [-0.39, 0.29) is 32.2 Å². The Morgan fingerprint density at radius 1 is 0.383 bits per heavy atom. The van der Waals surface area contributed by atoms with E-state index in [0.29, 0.717) is 23.9 Å². The maximum atomic E-state index is 12.9. The molecular weight excluding hydrogens is 1010 g/mol. The molecule has 0 bridgehead atoms. The summed E-state index contributed by atoms with van der Waals surface area (Å²) in [5.41, 5.74) is 0. The number of carboxylic acids is 1. The summed E-state index contributed by atoms with van der Waals surface area (Å²) in [6.45, 7) is 4.79. The van der Waals surface area contributed by atoms with Crippen molar-refractivity contribution in [3.05, 3.63) is 72.9 Å². The van der Waals surface area contributed by atoms with Crippen molar-refractivity contribution in [1.82, 2.24) is 0 Å². The highest BCUT2D eigenvalue weighted by Crippen LogP contribution is 2.18. The third-order valence-electron chi connectivity index (χ3n) is 15.0. The van der Waals surface area contributed by atoms with Gasteiger partial charge in [-0.1, -0.05) is 305 Å². The zero-order valence-corrected chi connectivity index (χ0v) is 53.7. The summed E-state index contributed by atoms with van der Waals surface area (Å²) in [6.07, 6.45) is 80.2. The Bertz CT molecular complexity index is 1560. The van der Waals surface area contributed by atoms with E-state index in [1.54, 1.807) is 0 Å². The fraction of sp³-hybridized carbons (Fsp3) is 0.792. The number of unbranched alkanes of at least 4 members (excludes halogenated alkanes) is 36. The molecule has 9 nitrogen and oxygen atoms in total. The van der Waals surface area contributed by atoms with E-state index >= 15 is 0 Å². The number of aliphatic carboxylic acids is 1. The van der Waals surface area contributed by atoms with E-state index in [9.17, 15) is 19.5 Å². The van der Waals surface area contributed by atoms with Gasteiger partial charge in [-0.2, -0.15) is 0 Å². The normalized spacial score (nSPS) is 13.1. The Morgan fingerprint density at radius 3 is 1.05 bits per heavy atom. The quantitative estimate of drug-likeness (QED) is 0.0211. The smallest absolute Gasteiger partial charge is 0.361 e. The molecule has 2 unspecified atom stereocenters. The summed E-state index contributed by atoms with van der Waals surface area (Å²) in [5.74, 6) is -2.01. The highest BCUT2D eigenvalue weighted by atomic mass is 16.7. The van der Waals surface area contributed by atoms with Crippen LogP contribution in [0, 0.1) is 0 Å². The van der Waals surface area contributed by atoms with Crippen molar-refractivity contribution in [2.75, 3.05) is 47.5 Å². The molecule has 9 heteroatoms. The van der Waals surface area contributed by atoms with Gasteiger partial charge in [0.05, 0.1) is 34.4 Å². The Kier molecular flexibility index (Phi) is 60.2. The molecule has 0 heterocycles. The number of carbonyl (C=O) groups is 3. The first-order chi connectivity index (χ1) is 39.6. The minimum absolute atomic E-state index is 0.183. The van der Waals surface area contributed by atoms with Gasteiger partial charge in [0.2, 0.25) is 0 Å². The number of carboxylic acid groups (broad SMARTS) is 1. The van der Waals surface area contributed by atoms with Gasteiger partial charge in [0.25, 0.3) is 6.29 Å². The molecule has 0 aliphatic heterocycles. The van der Waals surface area contributed by atoms with Gasteiger partial charge in [0.15, 0.2) is 6.10 Å². The van der Waals surface area contributed by atoms with E-state index in [0.717, 1.165) is 96.3 Å². The molecule has 0 aliphatic rings. The van der Waals surface area contributed by atoms with E-state index in [4.69, 9.17) is 18.9 Å². The summed E-state index contributed by atoms with van der Waals surface area (Å²) in [5, 5.41) is 9.74. The molecule has 1 N–H and O–H groups in total. The summed E-state index contributed by atoms with van der Waals surface area (Å²) in [7, 11) is 5.97. The highest BCUT2D eigenvalue weighted by molar-refractivity contribution is 5.71. The van der Waals surface area contributed by atoms with Gasteiger partial charge >= 0.3 is 17.9 Å². The molecule has 0 radical (unpaired) electrons. The molecule has 0 saturated heterocycles. The monoisotopic (exact) mass is 1140 g/mol. The second-order valence-corrected chi connectivity index (χ2v) is 24.1. The number of rotatable bonds is 63. The SMILES string of the molecule is CC/C=C\C/C=C\C/C=C\C/C=C\C/C=C\C/C=C\CCCCCCCCC(=O)OC(COC(=O)CCCCCCCCCCCCCCCCCCCCCCCCCCCCCCCCC)COC(OCC[N+](C)(C)C)C(=O)O. The van der Waals surface area contributed by atoms with Crippen LogP contribution in [0.4, 0.5) is 0 Å². The van der Waals surface area contributed by atoms with Crippen molar-refractivity contribution in [3.8, 4) is 0 Å². The van der Waals surface area contributed by atoms with Crippen molar-refractivity contribution >= 4 is 17.9 Å². The lowest BCUT2D eigenvalue weighted by Crippen LogP contribution is -2.40. The van der Waals surface area contributed by atoms with Crippen LogP contribution in [-0.4, -0.2) is 87.4 Å². The Hall–Kier alpha value is -3.27. The molecule has 0 saturated carbocycles. The third kappa shape index (κ3) is 64.1. The van der Waals surface area contributed by atoms with Gasteiger partial charge in [0, 0.05) is 12.8 Å². The number of likely N-dealkylation sites (N-methyl/N-ethyl adjacent to an activating group) is 1. The van der Waals surface area contributed by atoms with Crippen LogP contribution in [0.1, 0.15) is 309 Å². The molecule has 0 aromatic rings. The fourth-order valence-corrected chi connectivity index (χ4v) is 9.79. The van der Waals surface area contributed by atoms with Crippen molar-refractivity contribution < 1.29 is 42.9 Å². The zero-order valence-electron chi connectivity index (χ0n) is 53.7. The second-order valence-electron chi connectivity index (χ2n) is 24.1. The number of ether oxygens (including phenoxy) is 4. The number of allylic oxidation sites excluding steroid dienone is 12. The van der Waals surface area contributed by atoms with Crippen molar-refractivity contribution in [2.45, 2.75) is 322 Å². The molecule has 470 valence electrons. The Morgan fingerprint density at radius 2 is 0.704 bits per heavy atom. The number of nitrogens with zero attached hydrogens (tertiary/aromatic N) is 1. The van der Waals surface area contributed by atoms with Crippen LogP contribution < -0.4 is 0 Å². The predicted octanol–water partition coefficient (Wildman–Crippen LogP) is 20.9. The first-order valence-corrected chi connectivity index (χ1v) is 34.1. The van der Waals surface area contributed by atoms with E-state index in [1.165, 1.54) is 180 Å². The molecule has 0 spiro atoms. The van der Waals surface area contributed by atoms with E-state index in [1.807, 2.05) is 21.1 Å². The summed E-state index contributed by atoms with van der Waals surface area (Å²) < 4.78 is 23.0. The van der Waals surface area contributed by atoms with Gasteiger partial charge < -0.3 is 28.5 Å². The van der Waals surface area contributed by atoms with Gasteiger partial charge in [-0.25, -0.2) is 4.79 Å². The number of quaternary nitrogens is 1. The molecule has 0 aromatic carbocycles. The van der Waals surface area contributed by atoms with Crippen molar-refractivity contribution in [2.24, 2.45) is 0 Å². The van der Waals surface area contributed by atoms with Crippen LogP contribution in [0.3, 0.4) is 0 Å². The average Bonchev–Trinajstić information content (AvgIpc) is 3.44. The standard InChI is InChI=1S/C72H129NO8/c1-6-8-10-12-14-16-18-20-22-24-26-28-30-32-33-34-35-36-37-39-40-42-44-46-48-50-52-54-56-58-60-62-69(74)79-66-68(67-80-72(71(76)77)78-65-64-73(3,4)5)81-70(75)63-61-59-57-55-53-51-49-47-45-43-41-38-31-29-27-25-23-21-19-17-15-13-11-9-7-2/h9,11,15,17,21,23,27,29,38,41,45,47,68,72H,6-8,10,12-14,16,18-20,22,24-26,28,30-37,39-40,42-44,46,48-67H2,1-5H3/p+1/b11-9-,17-15-,23-21-,29-27-,41-38-,47-45-. The number of hydrogen-bond donors (Lipinski definition) is 1. The first-order valence-electron chi connectivity index (χ1n) is 34.1. The van der Waals surface area contributed by atoms with Crippen LogP contribution in [0.25, 0.3) is 0 Å². The summed E-state index contributed by atoms with van der Waals surface area (Å²) in [6, 6.07) is 0. The van der Waals surface area contributed by atoms with Crippen LogP contribution in [-0.2, 0) is 33.3 Å². The zero-order chi connectivity index (χ0) is 59.1. The van der Waals surface area contributed by atoms with Gasteiger partial charge in [-0.15, -0.1) is 0 Å². The predicted molar refractivity (Wildman–Crippen MR) is 346 cm³/mol. The number of esters is 2. The van der Waals surface area contributed by atoms with Crippen LogP contribution >= 0.6 is 0 Å². The Labute approximate surface area is 500 Å². The van der Waals surface area contributed by atoms with Crippen molar-refractivity contribution in [1.29, 1.82) is 0 Å². The molecule has 0 aromatic heterocycles. The first kappa shape index (κ1) is 77.7. The second kappa shape index (κ2) is 62.8. The lowest BCUT2D eigenvalue weighted by molar-refractivity contribution is -0.870. The minimum Gasteiger partial charge on any atom is -0.477 e. The van der Waals surface area contributed by atoms with Gasteiger partial charge in [0.1, 0.15) is 13.2 Å². The van der Waals surface area contributed by atoms with Crippen molar-refractivity contribution in [3.63, 3.8) is 0 Å². The van der Waals surface area contributed by atoms with Crippen LogP contribution in [0.15, 0.2) is 72.9 Å². The summed E-state index contributed by atoms with van der Waals surface area (Å²) in [4.78, 5) is 37.6. The topological polar surface area (TPSA) is 108 Å². The summed E-state index contributed by atoms with van der Waals surface area (Å²) >= 11 is 0. The number of carbonyl (C=O) groups excluding carboxylic acids is 2. The van der Waals surface area contributed by atoms with Gasteiger partial charge in [-0.05, 0) is 64.2 Å². The molecule has 0 rings (SSSR count). The maximum Gasteiger partial charge on any atom is 0.361 e. The highest BCUT2D eigenvalue weighted by Gasteiger charge is 2.25. The lowest BCUT2D eigenvalue weighted by Gasteiger charge is -2.25. The fourth-order valence-electron chi connectivity index (χ4n) is 9.79. The average molecular weight is 1140 g/mol. The molecule has 2 atom stereocenters. The maximum absolute atomic E-state index is 12.9. The van der Waals surface area contributed by atoms with Crippen LogP contribution in [0.2, 0.25) is 0 Å². The lowest BCUT2D eigenvalue weighted by atomic mass is 10.0. The van der Waals surface area contributed by atoms with Crippen LogP contribution in [0.5, 0.6) is 0 Å². The van der Waals surface area contributed by atoms with Gasteiger partial charge in [-0.3, -0.25) is 9.59 Å². The molecular formula is C72H130NO8+. The minimum atomic E-state index is -1.52. The Balaban J connectivity index is 4.13.